The zero-order valence-electron chi connectivity index (χ0n) is 6.99. The summed E-state index contributed by atoms with van der Waals surface area (Å²) in [5, 5.41) is 2.16. The predicted octanol–water partition coefficient (Wildman–Crippen LogP) is 1.09. The van der Waals surface area contributed by atoms with Gasteiger partial charge in [-0.2, -0.15) is 0 Å². The highest BCUT2D eigenvalue weighted by Crippen LogP contribution is 2.19. The van der Waals surface area contributed by atoms with Crippen molar-refractivity contribution in [3.05, 3.63) is 42.5 Å². The Morgan fingerprint density at radius 2 is 2.08 bits per heavy atom. The van der Waals surface area contributed by atoms with Crippen molar-refractivity contribution in [3.63, 3.8) is 0 Å². The number of rotatable bonds is 2. The van der Waals surface area contributed by atoms with Crippen LogP contribution in [-0.4, -0.2) is 4.98 Å². The van der Waals surface area contributed by atoms with Gasteiger partial charge < -0.3 is 11.4 Å². The highest BCUT2D eigenvalue weighted by atomic mass is 15.5. The van der Waals surface area contributed by atoms with Crippen molar-refractivity contribution in [3.8, 4) is 0 Å². The Labute approximate surface area is 75.7 Å². The van der Waals surface area contributed by atoms with Crippen LogP contribution in [0.3, 0.4) is 0 Å². The van der Waals surface area contributed by atoms with Crippen LogP contribution in [-0.2, 0) is 0 Å². The molecule has 1 aromatic carbocycles. The summed E-state index contributed by atoms with van der Waals surface area (Å²) < 4.78 is 0. The van der Waals surface area contributed by atoms with Gasteiger partial charge in [-0.25, -0.2) is 5.43 Å². The Morgan fingerprint density at radius 1 is 1.23 bits per heavy atom. The molecule has 0 bridgehead atoms. The summed E-state index contributed by atoms with van der Waals surface area (Å²) in [6.45, 7) is 0. The smallest absolute Gasteiger partial charge is 0.110 e. The first-order valence-electron chi connectivity index (χ1n) is 4.00. The highest BCUT2D eigenvalue weighted by molar-refractivity contribution is 5.92. The zero-order valence-corrected chi connectivity index (χ0v) is 6.99. The molecule has 0 unspecified atom stereocenters. The van der Waals surface area contributed by atoms with E-state index in [9.17, 15) is 0 Å². The van der Waals surface area contributed by atoms with Crippen LogP contribution < -0.4 is 11.0 Å². The third kappa shape index (κ3) is 1.44. The first-order chi connectivity index (χ1) is 6.42. The molecule has 0 saturated heterocycles. The minimum atomic E-state index is 0.869. The summed E-state index contributed by atoms with van der Waals surface area (Å²) in [6, 6.07) is 7.94. The van der Waals surface area contributed by atoms with Gasteiger partial charge in [-0.1, -0.05) is 24.3 Å². The first kappa shape index (κ1) is 7.97. The molecule has 2 aromatic rings. The number of pyridine rings is 1. The molecule has 1 aromatic heterocycles. The fraction of sp³-hybridized carbons (Fsp3) is 0. The third-order valence-corrected chi connectivity index (χ3v) is 1.90. The molecule has 4 N–H and O–H groups in total. The Kier molecular flexibility index (Phi) is 2.08. The van der Waals surface area contributed by atoms with Crippen molar-refractivity contribution in [2.45, 2.75) is 0 Å². The van der Waals surface area contributed by atoms with Crippen molar-refractivity contribution in [1.82, 2.24) is 4.98 Å². The number of hydrogen-bond acceptors (Lipinski definition) is 2. The van der Waals surface area contributed by atoms with Crippen LogP contribution in [0.25, 0.3) is 16.6 Å². The number of aromatic nitrogens is 1. The molecule has 0 atom stereocenters. The van der Waals surface area contributed by atoms with Gasteiger partial charge in [0, 0.05) is 17.0 Å². The van der Waals surface area contributed by atoms with E-state index in [0.29, 0.717) is 0 Å². The van der Waals surface area contributed by atoms with Crippen LogP contribution >= 0.6 is 0 Å². The number of benzene rings is 1. The van der Waals surface area contributed by atoms with Gasteiger partial charge in [0.2, 0.25) is 0 Å². The summed E-state index contributed by atoms with van der Waals surface area (Å²) in [7, 11) is 0. The van der Waals surface area contributed by atoms with Crippen LogP contribution in [0, 0.1) is 0 Å². The molecule has 4 heteroatoms. The molecule has 0 fully saturated rings. The lowest BCUT2D eigenvalue weighted by atomic mass is 10.1. The van der Waals surface area contributed by atoms with Crippen LogP contribution in [0.15, 0.2) is 36.7 Å². The number of hydrogen-bond donors (Lipinski definition) is 2. The summed E-state index contributed by atoms with van der Waals surface area (Å²) in [5.41, 5.74) is 4.85. The molecule has 13 heavy (non-hydrogen) atoms. The Balaban J connectivity index is 2.61. The second kappa shape index (κ2) is 3.38. The molecule has 0 spiro atoms. The van der Waals surface area contributed by atoms with E-state index < -0.39 is 0 Å². The number of nitrogens with zero attached hydrogens (tertiary/aromatic N) is 1. The van der Waals surface area contributed by atoms with Gasteiger partial charge >= 0.3 is 0 Å². The summed E-state index contributed by atoms with van der Waals surface area (Å²) >= 11 is 0. The van der Waals surface area contributed by atoms with Crippen molar-refractivity contribution >= 4 is 16.5 Å². The van der Waals surface area contributed by atoms with Gasteiger partial charge in [-0.3, -0.25) is 4.98 Å². The monoisotopic (exact) mass is 174 g/mol. The average molecular weight is 174 g/mol. The van der Waals surface area contributed by atoms with E-state index in [1.165, 1.54) is 0 Å². The number of nitrogen functional groups attached to an aromatic ring is 1. The van der Waals surface area contributed by atoms with Gasteiger partial charge in [0.1, 0.15) is 5.69 Å². The van der Waals surface area contributed by atoms with E-state index in [-0.39, 0.29) is 0 Å². The van der Waals surface area contributed by atoms with E-state index in [0.717, 1.165) is 22.0 Å². The van der Waals surface area contributed by atoms with E-state index in [1.807, 2.05) is 30.5 Å². The number of anilines is 1. The van der Waals surface area contributed by atoms with Gasteiger partial charge in [0.25, 0.3) is 0 Å². The molecule has 0 aliphatic carbocycles. The zero-order chi connectivity index (χ0) is 9.10. The van der Waals surface area contributed by atoms with Crippen molar-refractivity contribution in [2.24, 2.45) is 0 Å². The standard InChI is InChI=1S/C9H10N4/c10-13-12-9-6-11-5-7-3-1-2-4-8(7)9/h1-6,10,12H,13H2. The number of nitrogens with one attached hydrogen (secondary N) is 2. The summed E-state index contributed by atoms with van der Waals surface area (Å²) in [5.74, 6) is 6.95. The number of nitrogens with two attached hydrogens (primary N) is 1. The maximum absolute atomic E-state index is 6.95. The van der Waals surface area contributed by atoms with Gasteiger partial charge in [-0.15, -0.1) is 0 Å². The molecule has 2 rings (SSSR count). The quantitative estimate of drug-likeness (QED) is 0.528. The minimum Gasteiger partial charge on any atom is -0.445 e. The lowest BCUT2D eigenvalue weighted by Gasteiger charge is -2.07. The van der Waals surface area contributed by atoms with Crippen molar-refractivity contribution in [1.29, 1.82) is 0 Å². The lowest BCUT2D eigenvalue weighted by Crippen LogP contribution is -2.80. The Morgan fingerprint density at radius 3 is 2.92 bits per heavy atom. The van der Waals surface area contributed by atoms with Crippen LogP contribution in [0.2, 0.25) is 0 Å². The topological polar surface area (TPSA) is 65.3 Å². The SMILES string of the molecule is [NH-][NH2+]Nc1cncc2ccccc12. The second-order valence-corrected chi connectivity index (χ2v) is 2.70. The maximum atomic E-state index is 6.95. The molecular formula is C9H10N4. The third-order valence-electron chi connectivity index (χ3n) is 1.90. The molecule has 0 amide bonds. The average Bonchev–Trinajstić information content (AvgIpc) is 2.19. The van der Waals surface area contributed by atoms with Crippen molar-refractivity contribution < 1.29 is 5.53 Å². The fourth-order valence-electron chi connectivity index (χ4n) is 1.31. The van der Waals surface area contributed by atoms with Gasteiger partial charge in [-0.05, 0) is 0 Å². The summed E-state index contributed by atoms with van der Waals surface area (Å²) in [6.07, 6.45) is 3.53. The number of quaternary nitrogens is 1. The molecule has 0 saturated carbocycles. The normalized spacial score (nSPS) is 10.2. The Bertz CT molecular complexity index is 408. The van der Waals surface area contributed by atoms with E-state index in [4.69, 9.17) is 5.84 Å². The van der Waals surface area contributed by atoms with Crippen LogP contribution in [0.5, 0.6) is 0 Å². The fourth-order valence-corrected chi connectivity index (χ4v) is 1.31. The van der Waals surface area contributed by atoms with Crippen LogP contribution in [0.4, 0.5) is 5.69 Å². The minimum absolute atomic E-state index is 0.869. The highest BCUT2D eigenvalue weighted by Gasteiger charge is 1.98. The van der Waals surface area contributed by atoms with E-state index >= 15 is 0 Å². The Hall–Kier alpha value is -1.65. The molecule has 0 aliphatic rings. The van der Waals surface area contributed by atoms with Gasteiger partial charge in [0.05, 0.1) is 6.20 Å². The molecule has 0 aliphatic heterocycles. The molecule has 1 heterocycles. The molecule has 0 radical (unpaired) electrons. The van der Waals surface area contributed by atoms with Gasteiger partial charge in [0.15, 0.2) is 0 Å². The van der Waals surface area contributed by atoms with E-state index in [1.54, 1.807) is 6.20 Å². The number of fused-ring (bicyclic) bond motifs is 1. The second-order valence-electron chi connectivity index (χ2n) is 2.70. The van der Waals surface area contributed by atoms with Crippen LogP contribution in [0.1, 0.15) is 0 Å². The molecular weight excluding hydrogens is 164 g/mol. The van der Waals surface area contributed by atoms with Crippen molar-refractivity contribution in [2.75, 3.05) is 5.43 Å². The molecule has 4 nitrogen and oxygen atoms in total. The predicted molar refractivity (Wildman–Crippen MR) is 51.6 cm³/mol. The lowest BCUT2D eigenvalue weighted by molar-refractivity contribution is -0.556. The first-order valence-corrected chi connectivity index (χ1v) is 4.00. The summed E-state index contributed by atoms with van der Waals surface area (Å²) in [4.78, 5) is 4.07. The molecule has 66 valence electrons. The largest absolute Gasteiger partial charge is 0.445 e. The maximum Gasteiger partial charge on any atom is 0.110 e. The van der Waals surface area contributed by atoms with E-state index in [2.05, 4.69) is 10.4 Å².